The zero-order valence-corrected chi connectivity index (χ0v) is 33.0. The van der Waals surface area contributed by atoms with Crippen LogP contribution in [0.2, 0.25) is 0 Å². The van der Waals surface area contributed by atoms with E-state index in [0.717, 1.165) is 22.7 Å². The first-order chi connectivity index (χ1) is 29.0. The van der Waals surface area contributed by atoms with Gasteiger partial charge in [-0.3, -0.25) is 0 Å². The maximum atomic E-state index is 2.51. The van der Waals surface area contributed by atoms with Crippen molar-refractivity contribution < 1.29 is 0 Å². The minimum atomic E-state index is -0.133. The molecule has 1 aliphatic rings. The molecular formula is C57H40N2. The van der Waals surface area contributed by atoms with Crippen molar-refractivity contribution in [2.45, 2.75) is 19.3 Å². The second-order valence-electron chi connectivity index (χ2n) is 16.5. The van der Waals surface area contributed by atoms with Crippen molar-refractivity contribution in [3.05, 3.63) is 217 Å². The van der Waals surface area contributed by atoms with Crippen molar-refractivity contribution in [2.24, 2.45) is 0 Å². The summed E-state index contributed by atoms with van der Waals surface area (Å²) in [6, 6.07) is 76.4. The molecule has 0 N–H and O–H groups in total. The van der Waals surface area contributed by atoms with Gasteiger partial charge in [0, 0.05) is 38.8 Å². The van der Waals surface area contributed by atoms with Gasteiger partial charge in [-0.25, -0.2) is 0 Å². The van der Waals surface area contributed by atoms with Gasteiger partial charge in [0.15, 0.2) is 0 Å². The van der Waals surface area contributed by atoms with E-state index < -0.39 is 0 Å². The van der Waals surface area contributed by atoms with Gasteiger partial charge < -0.3 is 9.47 Å². The monoisotopic (exact) mass is 752 g/mol. The number of anilines is 3. The molecule has 2 heteroatoms. The van der Waals surface area contributed by atoms with Crippen LogP contribution in [0.5, 0.6) is 0 Å². The SMILES string of the molecule is CC1(C)c2ccc(N(c3cccc(-n4c5ccccc5c5ccccc54)c3)c3ccc4ccccc4c3-c3cccc4ccccc34)cc2-c2cc3ccccc3cc21. The first kappa shape index (κ1) is 33.7. The maximum Gasteiger partial charge on any atom is 0.0546 e. The van der Waals surface area contributed by atoms with E-state index in [1.165, 1.54) is 87.5 Å². The first-order valence-electron chi connectivity index (χ1n) is 20.6. The molecule has 1 aromatic heterocycles. The largest absolute Gasteiger partial charge is 0.310 e. The summed E-state index contributed by atoms with van der Waals surface area (Å²) in [5.41, 5.74) is 14.5. The molecule has 2 nitrogen and oxygen atoms in total. The second kappa shape index (κ2) is 12.8. The van der Waals surface area contributed by atoms with Gasteiger partial charge in [-0.1, -0.05) is 159 Å². The molecule has 278 valence electrons. The number of nitrogens with zero attached hydrogens (tertiary/aromatic N) is 2. The van der Waals surface area contributed by atoms with Crippen LogP contribution >= 0.6 is 0 Å². The Bertz CT molecular complexity index is 3430. The maximum absolute atomic E-state index is 2.51. The van der Waals surface area contributed by atoms with Gasteiger partial charge in [0.2, 0.25) is 0 Å². The fourth-order valence-corrected chi connectivity index (χ4v) is 10.1. The van der Waals surface area contributed by atoms with E-state index in [9.17, 15) is 0 Å². The minimum absolute atomic E-state index is 0.133. The number of fused-ring (bicyclic) bond motifs is 9. The molecule has 0 amide bonds. The topological polar surface area (TPSA) is 8.17 Å². The summed E-state index contributed by atoms with van der Waals surface area (Å²) in [7, 11) is 0. The molecular weight excluding hydrogens is 713 g/mol. The molecule has 11 aromatic rings. The van der Waals surface area contributed by atoms with Gasteiger partial charge >= 0.3 is 0 Å². The van der Waals surface area contributed by atoms with Crippen molar-refractivity contribution in [3.8, 4) is 27.9 Å². The highest BCUT2D eigenvalue weighted by molar-refractivity contribution is 6.12. The van der Waals surface area contributed by atoms with Crippen molar-refractivity contribution in [3.63, 3.8) is 0 Å². The Morgan fingerprint density at radius 2 is 0.932 bits per heavy atom. The fourth-order valence-electron chi connectivity index (χ4n) is 10.1. The Labute approximate surface area is 343 Å². The summed E-state index contributed by atoms with van der Waals surface area (Å²) in [5.74, 6) is 0. The van der Waals surface area contributed by atoms with Crippen LogP contribution in [0.25, 0.3) is 82.1 Å². The number of hydrogen-bond acceptors (Lipinski definition) is 1. The summed E-state index contributed by atoms with van der Waals surface area (Å²) in [6.07, 6.45) is 0. The van der Waals surface area contributed by atoms with Crippen LogP contribution in [0.4, 0.5) is 17.1 Å². The summed E-state index contributed by atoms with van der Waals surface area (Å²) >= 11 is 0. The highest BCUT2D eigenvalue weighted by Crippen LogP contribution is 2.53. The molecule has 0 bridgehead atoms. The number of aromatic nitrogens is 1. The highest BCUT2D eigenvalue weighted by atomic mass is 15.1. The molecule has 0 saturated heterocycles. The molecule has 0 saturated carbocycles. The van der Waals surface area contributed by atoms with E-state index in [1.807, 2.05) is 0 Å². The highest BCUT2D eigenvalue weighted by Gasteiger charge is 2.36. The van der Waals surface area contributed by atoms with Crippen molar-refractivity contribution in [2.75, 3.05) is 4.90 Å². The zero-order chi connectivity index (χ0) is 39.2. The number of benzene rings is 10. The summed E-state index contributed by atoms with van der Waals surface area (Å²) in [4.78, 5) is 2.51. The van der Waals surface area contributed by atoms with Crippen LogP contribution in [0.1, 0.15) is 25.0 Å². The van der Waals surface area contributed by atoms with E-state index in [-0.39, 0.29) is 5.41 Å². The Morgan fingerprint density at radius 1 is 0.373 bits per heavy atom. The van der Waals surface area contributed by atoms with Crippen molar-refractivity contribution in [1.82, 2.24) is 4.57 Å². The standard InChI is InChI=1S/C57H40N2/c1-57(2)51-31-30-43(36-50(51)49-33-39-17-3-4-18-40(39)34-52(49)57)58(41-20-14-21-42(35-41)59-53-27-11-9-24-46(53)47-25-10-12-28-54(47)59)55-32-29-38-16-6-8-23-45(38)56(55)48-26-13-19-37-15-5-7-22-44(37)48/h3-36H,1-2H3. The Morgan fingerprint density at radius 3 is 1.68 bits per heavy atom. The van der Waals surface area contributed by atoms with Crippen molar-refractivity contribution >= 4 is 71.2 Å². The minimum Gasteiger partial charge on any atom is -0.310 e. The average molecular weight is 753 g/mol. The lowest BCUT2D eigenvalue weighted by Crippen LogP contribution is -2.16. The van der Waals surface area contributed by atoms with Gasteiger partial charge in [-0.05, 0) is 121 Å². The van der Waals surface area contributed by atoms with Crippen LogP contribution in [0.3, 0.4) is 0 Å². The lowest BCUT2D eigenvalue weighted by atomic mass is 9.82. The summed E-state index contributed by atoms with van der Waals surface area (Å²) < 4.78 is 2.42. The summed E-state index contributed by atoms with van der Waals surface area (Å²) in [6.45, 7) is 4.75. The number of rotatable bonds is 5. The van der Waals surface area contributed by atoms with E-state index in [2.05, 4.69) is 230 Å². The summed E-state index contributed by atoms with van der Waals surface area (Å²) in [5, 5.41) is 9.97. The van der Waals surface area contributed by atoms with E-state index >= 15 is 0 Å². The lowest BCUT2D eigenvalue weighted by molar-refractivity contribution is 0.661. The third-order valence-corrected chi connectivity index (χ3v) is 12.9. The number of hydrogen-bond donors (Lipinski definition) is 0. The smallest absolute Gasteiger partial charge is 0.0546 e. The third kappa shape index (κ3) is 5.06. The third-order valence-electron chi connectivity index (χ3n) is 12.9. The van der Waals surface area contributed by atoms with Gasteiger partial charge in [-0.15, -0.1) is 0 Å². The van der Waals surface area contributed by atoms with Crippen LogP contribution in [-0.4, -0.2) is 4.57 Å². The Hall–Kier alpha value is -7.42. The van der Waals surface area contributed by atoms with E-state index in [0.29, 0.717) is 0 Å². The van der Waals surface area contributed by atoms with E-state index in [1.54, 1.807) is 0 Å². The fraction of sp³-hybridized carbons (Fsp3) is 0.0526. The number of para-hydroxylation sites is 2. The van der Waals surface area contributed by atoms with Gasteiger partial charge in [-0.2, -0.15) is 0 Å². The van der Waals surface area contributed by atoms with Crippen LogP contribution in [0, 0.1) is 0 Å². The molecule has 0 spiro atoms. The van der Waals surface area contributed by atoms with Gasteiger partial charge in [0.1, 0.15) is 0 Å². The van der Waals surface area contributed by atoms with Gasteiger partial charge in [0.05, 0.1) is 16.7 Å². The second-order valence-corrected chi connectivity index (χ2v) is 16.5. The van der Waals surface area contributed by atoms with Crippen LogP contribution < -0.4 is 4.90 Å². The average Bonchev–Trinajstić information content (AvgIpc) is 3.73. The quantitative estimate of drug-likeness (QED) is 0.170. The predicted octanol–water partition coefficient (Wildman–Crippen LogP) is 15.7. The molecule has 0 atom stereocenters. The molecule has 0 unspecified atom stereocenters. The molecule has 0 radical (unpaired) electrons. The molecule has 1 aliphatic carbocycles. The zero-order valence-electron chi connectivity index (χ0n) is 33.0. The molecule has 10 aromatic carbocycles. The Kier molecular flexibility index (Phi) is 7.31. The molecule has 0 fully saturated rings. The predicted molar refractivity (Wildman–Crippen MR) is 251 cm³/mol. The van der Waals surface area contributed by atoms with E-state index in [4.69, 9.17) is 0 Å². The first-order valence-corrected chi connectivity index (χ1v) is 20.6. The molecule has 0 aliphatic heterocycles. The Balaban J connectivity index is 1.16. The molecule has 1 heterocycles. The van der Waals surface area contributed by atoms with Crippen LogP contribution in [-0.2, 0) is 5.41 Å². The lowest BCUT2D eigenvalue weighted by Gasteiger charge is -2.30. The van der Waals surface area contributed by atoms with Crippen LogP contribution in [0.15, 0.2) is 206 Å². The normalized spacial score (nSPS) is 13.1. The molecule has 59 heavy (non-hydrogen) atoms. The molecule has 12 rings (SSSR count). The van der Waals surface area contributed by atoms with Crippen molar-refractivity contribution in [1.29, 1.82) is 0 Å². The van der Waals surface area contributed by atoms with Gasteiger partial charge in [0.25, 0.3) is 0 Å².